The second kappa shape index (κ2) is 5.12. The summed E-state index contributed by atoms with van der Waals surface area (Å²) in [5.41, 5.74) is 0. The van der Waals surface area contributed by atoms with Gasteiger partial charge >= 0.3 is 0 Å². The van der Waals surface area contributed by atoms with Crippen LogP contribution >= 0.6 is 11.8 Å². The Labute approximate surface area is 104 Å². The molecular weight excluding hydrogens is 216 g/mol. The van der Waals surface area contributed by atoms with Crippen molar-refractivity contribution < 1.29 is 4.79 Å². The first-order chi connectivity index (χ1) is 7.65. The van der Waals surface area contributed by atoms with Crippen molar-refractivity contribution in [2.24, 2.45) is 11.8 Å². The second-order valence-electron chi connectivity index (χ2n) is 5.71. The summed E-state index contributed by atoms with van der Waals surface area (Å²) >= 11 is 2.07. The Hall–Kier alpha value is 0.0200. The van der Waals surface area contributed by atoms with Crippen molar-refractivity contribution in [3.8, 4) is 0 Å². The third-order valence-electron chi connectivity index (χ3n) is 3.93. The smallest absolute Gasteiger partial charge is 0.137 e. The van der Waals surface area contributed by atoms with Gasteiger partial charge in [0, 0.05) is 17.1 Å². The first kappa shape index (κ1) is 12.5. The number of hydrogen-bond donors (Lipinski definition) is 0. The molecule has 0 aromatic rings. The molecule has 1 nitrogen and oxygen atoms in total. The standard InChI is InChI=1S/C14H24OS/c1-3-4-9-16-14(2,12-7-8-12)10-13(15)11-5-6-11/h11-12H,3-10H2,1-2H3/t14-/m1/s1. The summed E-state index contributed by atoms with van der Waals surface area (Å²) in [7, 11) is 0. The Bertz CT molecular complexity index is 255. The van der Waals surface area contributed by atoms with E-state index in [1.165, 1.54) is 44.3 Å². The third-order valence-corrected chi connectivity index (χ3v) is 5.56. The topological polar surface area (TPSA) is 17.1 Å². The maximum atomic E-state index is 12.0. The number of thioether (sulfide) groups is 1. The van der Waals surface area contributed by atoms with E-state index in [-0.39, 0.29) is 4.75 Å². The van der Waals surface area contributed by atoms with Crippen LogP contribution in [0.4, 0.5) is 0 Å². The number of Topliss-reactive ketones (excluding diaryl/α,β-unsaturated/α-hetero) is 1. The second-order valence-corrected chi connectivity index (χ2v) is 7.34. The van der Waals surface area contributed by atoms with Gasteiger partial charge in [-0.15, -0.1) is 0 Å². The van der Waals surface area contributed by atoms with Crippen molar-refractivity contribution in [3.63, 3.8) is 0 Å². The molecule has 0 saturated heterocycles. The van der Waals surface area contributed by atoms with E-state index in [2.05, 4.69) is 25.6 Å². The normalized spacial score (nSPS) is 24.1. The van der Waals surface area contributed by atoms with Gasteiger partial charge in [-0.3, -0.25) is 4.79 Å². The van der Waals surface area contributed by atoms with Crippen molar-refractivity contribution in [2.45, 2.75) is 63.5 Å². The summed E-state index contributed by atoms with van der Waals surface area (Å²) < 4.78 is 0.273. The Balaban J connectivity index is 1.83. The predicted molar refractivity (Wildman–Crippen MR) is 70.8 cm³/mol. The molecule has 2 rings (SSSR count). The summed E-state index contributed by atoms with van der Waals surface area (Å²) in [5, 5.41) is 0. The van der Waals surface area contributed by atoms with E-state index in [0.717, 1.165) is 12.3 Å². The molecule has 2 fully saturated rings. The van der Waals surface area contributed by atoms with Gasteiger partial charge in [0.25, 0.3) is 0 Å². The number of ketones is 1. The molecule has 92 valence electrons. The molecular formula is C14H24OS. The number of hydrogen-bond acceptors (Lipinski definition) is 2. The third kappa shape index (κ3) is 3.26. The van der Waals surface area contributed by atoms with Gasteiger partial charge in [-0.2, -0.15) is 11.8 Å². The summed E-state index contributed by atoms with van der Waals surface area (Å²) in [5.74, 6) is 3.07. The fourth-order valence-corrected chi connectivity index (χ4v) is 3.97. The number of unbranched alkanes of at least 4 members (excludes halogenated alkanes) is 1. The average molecular weight is 240 g/mol. The molecule has 0 amide bonds. The minimum Gasteiger partial charge on any atom is -0.299 e. The van der Waals surface area contributed by atoms with E-state index in [1.54, 1.807) is 0 Å². The Morgan fingerprint density at radius 3 is 2.50 bits per heavy atom. The van der Waals surface area contributed by atoms with Gasteiger partial charge in [-0.1, -0.05) is 13.3 Å². The van der Waals surface area contributed by atoms with E-state index in [4.69, 9.17) is 0 Å². The number of rotatable bonds is 8. The zero-order valence-corrected chi connectivity index (χ0v) is 11.4. The lowest BCUT2D eigenvalue weighted by Gasteiger charge is -2.28. The van der Waals surface area contributed by atoms with E-state index in [9.17, 15) is 4.79 Å². The molecule has 1 atom stereocenters. The summed E-state index contributed by atoms with van der Waals surface area (Å²) in [6, 6.07) is 0. The van der Waals surface area contributed by atoms with Crippen molar-refractivity contribution >= 4 is 17.5 Å². The van der Waals surface area contributed by atoms with E-state index in [1.807, 2.05) is 0 Å². The van der Waals surface area contributed by atoms with Crippen LogP contribution in [0.15, 0.2) is 0 Å². The maximum Gasteiger partial charge on any atom is 0.137 e. The van der Waals surface area contributed by atoms with Gasteiger partial charge in [-0.25, -0.2) is 0 Å². The zero-order valence-electron chi connectivity index (χ0n) is 10.6. The minimum absolute atomic E-state index is 0.273. The predicted octanol–water partition coefficient (Wildman–Crippen LogP) is 4.06. The van der Waals surface area contributed by atoms with Crippen molar-refractivity contribution in [2.75, 3.05) is 5.75 Å². The minimum atomic E-state index is 0.273. The van der Waals surface area contributed by atoms with E-state index in [0.29, 0.717) is 11.7 Å². The van der Waals surface area contributed by atoms with Crippen LogP contribution in [0.5, 0.6) is 0 Å². The van der Waals surface area contributed by atoms with Gasteiger partial charge in [0.05, 0.1) is 0 Å². The molecule has 0 bridgehead atoms. The Kier molecular flexibility index (Phi) is 3.99. The molecule has 2 saturated carbocycles. The molecule has 2 heteroatoms. The summed E-state index contributed by atoms with van der Waals surface area (Å²) in [6.45, 7) is 4.58. The van der Waals surface area contributed by atoms with Crippen LogP contribution in [0.25, 0.3) is 0 Å². The van der Waals surface area contributed by atoms with Gasteiger partial charge in [0.2, 0.25) is 0 Å². The fraction of sp³-hybridized carbons (Fsp3) is 0.929. The molecule has 2 aliphatic carbocycles. The van der Waals surface area contributed by atoms with Crippen LogP contribution in [0.2, 0.25) is 0 Å². The molecule has 0 N–H and O–H groups in total. The monoisotopic (exact) mass is 240 g/mol. The van der Waals surface area contributed by atoms with Crippen molar-refractivity contribution in [3.05, 3.63) is 0 Å². The van der Waals surface area contributed by atoms with E-state index < -0.39 is 0 Å². The fourth-order valence-electron chi connectivity index (χ4n) is 2.35. The lowest BCUT2D eigenvalue weighted by atomic mass is 9.96. The molecule has 0 heterocycles. The molecule has 0 aromatic heterocycles. The highest BCUT2D eigenvalue weighted by Gasteiger charge is 2.45. The SMILES string of the molecule is CCCCS[C@](C)(CC(=O)C1CC1)C1CC1. The zero-order chi connectivity index (χ0) is 11.6. The van der Waals surface area contributed by atoms with Crippen molar-refractivity contribution in [1.82, 2.24) is 0 Å². The number of carbonyl (C=O) groups is 1. The lowest BCUT2D eigenvalue weighted by Crippen LogP contribution is -2.28. The highest BCUT2D eigenvalue weighted by molar-refractivity contribution is 8.00. The Morgan fingerprint density at radius 1 is 1.31 bits per heavy atom. The molecule has 0 aliphatic heterocycles. The first-order valence-corrected chi connectivity index (χ1v) is 7.81. The van der Waals surface area contributed by atoms with Gasteiger partial charge < -0.3 is 0 Å². The average Bonchev–Trinajstić information content (AvgIpc) is 3.07. The molecule has 16 heavy (non-hydrogen) atoms. The molecule has 0 unspecified atom stereocenters. The molecule has 0 spiro atoms. The maximum absolute atomic E-state index is 12.0. The van der Waals surface area contributed by atoms with Crippen molar-refractivity contribution in [1.29, 1.82) is 0 Å². The van der Waals surface area contributed by atoms with Crippen LogP contribution in [-0.4, -0.2) is 16.3 Å². The highest BCUT2D eigenvalue weighted by Crippen LogP contribution is 2.51. The van der Waals surface area contributed by atoms with Gasteiger partial charge in [0.15, 0.2) is 0 Å². The molecule has 0 aromatic carbocycles. The summed E-state index contributed by atoms with van der Waals surface area (Å²) in [6.07, 6.45) is 8.45. The molecule has 2 aliphatic rings. The van der Waals surface area contributed by atoms with E-state index >= 15 is 0 Å². The van der Waals surface area contributed by atoms with Crippen LogP contribution in [0.1, 0.15) is 58.8 Å². The van der Waals surface area contributed by atoms with Crippen LogP contribution in [0, 0.1) is 11.8 Å². The molecule has 0 radical (unpaired) electrons. The van der Waals surface area contributed by atoms with Crippen LogP contribution in [-0.2, 0) is 4.79 Å². The van der Waals surface area contributed by atoms with Gasteiger partial charge in [-0.05, 0) is 50.7 Å². The number of carbonyl (C=O) groups excluding carboxylic acids is 1. The highest BCUT2D eigenvalue weighted by atomic mass is 32.2. The lowest BCUT2D eigenvalue weighted by molar-refractivity contribution is -0.120. The van der Waals surface area contributed by atoms with Crippen LogP contribution in [0.3, 0.4) is 0 Å². The first-order valence-electron chi connectivity index (χ1n) is 6.82. The Morgan fingerprint density at radius 2 is 2.00 bits per heavy atom. The van der Waals surface area contributed by atoms with Gasteiger partial charge in [0.1, 0.15) is 5.78 Å². The quantitative estimate of drug-likeness (QED) is 0.595. The largest absolute Gasteiger partial charge is 0.299 e. The summed E-state index contributed by atoms with van der Waals surface area (Å²) in [4.78, 5) is 12.0. The van der Waals surface area contributed by atoms with Crippen LogP contribution < -0.4 is 0 Å².